The SMILES string of the molecule is COC(=O)[C@H]1O[C@@H]2C[C@H]3O[C@@H](n4cnc5c(N)ncnc54)[C@H](OC)[C@H]3O[C@]2(O)[C@@H](OC(=O)C(C)C)[C@@H]1O. The Labute approximate surface area is 210 Å². The molecule has 3 aliphatic heterocycles. The standard InChI is InChI=1S/C22H29N5O10/c1-8(2)20(29)36-16-12(28)14(21(30)33-4)35-10-5-9-13(37-22(10,16)31)15(32-3)19(34-9)27-7-26-11-17(23)24-6-25-18(11)27/h6-10,12-16,19,28,31H,5H2,1-4H3,(H2,23,24,25)/t9-,10-,12-,13+,14+,15-,16+,19-,22+/m1/s1. The van der Waals surface area contributed by atoms with Crippen LogP contribution < -0.4 is 5.73 Å². The molecule has 4 N–H and O–H groups in total. The molecule has 2 aromatic heterocycles. The van der Waals surface area contributed by atoms with Gasteiger partial charge in [-0.1, -0.05) is 13.8 Å². The van der Waals surface area contributed by atoms with Gasteiger partial charge in [0.25, 0.3) is 0 Å². The van der Waals surface area contributed by atoms with Crippen molar-refractivity contribution in [3.05, 3.63) is 12.7 Å². The van der Waals surface area contributed by atoms with Gasteiger partial charge in [-0.05, 0) is 0 Å². The van der Waals surface area contributed by atoms with Crippen molar-refractivity contribution in [2.45, 2.75) is 75.0 Å². The predicted molar refractivity (Wildman–Crippen MR) is 120 cm³/mol. The van der Waals surface area contributed by atoms with E-state index >= 15 is 0 Å². The molecule has 15 heteroatoms. The lowest BCUT2D eigenvalue weighted by atomic mass is 9.84. The smallest absolute Gasteiger partial charge is 0.337 e. The summed E-state index contributed by atoms with van der Waals surface area (Å²) < 4.78 is 35.6. The number of aliphatic hydroxyl groups is 2. The summed E-state index contributed by atoms with van der Waals surface area (Å²) in [5.74, 6) is -4.33. The highest BCUT2D eigenvalue weighted by Gasteiger charge is 2.67. The topological polar surface area (TPSA) is 200 Å². The second-order valence-corrected chi connectivity index (χ2v) is 9.49. The zero-order valence-electron chi connectivity index (χ0n) is 20.6. The van der Waals surface area contributed by atoms with E-state index in [9.17, 15) is 19.8 Å². The van der Waals surface area contributed by atoms with E-state index in [-0.39, 0.29) is 12.2 Å². The van der Waals surface area contributed by atoms with Gasteiger partial charge in [0.15, 0.2) is 29.9 Å². The molecule has 9 atom stereocenters. The van der Waals surface area contributed by atoms with E-state index in [0.29, 0.717) is 11.2 Å². The normalized spacial score (nSPS) is 37.3. The molecule has 3 saturated heterocycles. The van der Waals surface area contributed by atoms with Crippen molar-refractivity contribution in [1.82, 2.24) is 19.5 Å². The molecule has 3 aliphatic rings. The van der Waals surface area contributed by atoms with Crippen LogP contribution in [-0.4, -0.2) is 104 Å². The Morgan fingerprint density at radius 3 is 2.68 bits per heavy atom. The minimum atomic E-state index is -2.33. The summed E-state index contributed by atoms with van der Waals surface area (Å²) in [5.41, 5.74) is 6.68. The van der Waals surface area contributed by atoms with Crippen LogP contribution in [0.4, 0.5) is 5.82 Å². The molecule has 0 amide bonds. The Morgan fingerprint density at radius 2 is 2.00 bits per heavy atom. The summed E-state index contributed by atoms with van der Waals surface area (Å²) in [6, 6.07) is 0. The molecule has 37 heavy (non-hydrogen) atoms. The number of aromatic nitrogens is 4. The number of nitrogens with zero attached hydrogens (tertiary/aromatic N) is 4. The molecule has 15 nitrogen and oxygen atoms in total. The van der Waals surface area contributed by atoms with Crippen LogP contribution in [0.15, 0.2) is 12.7 Å². The maximum absolute atomic E-state index is 12.5. The summed E-state index contributed by atoms with van der Waals surface area (Å²) in [5, 5.41) is 22.6. The van der Waals surface area contributed by atoms with Crippen molar-refractivity contribution in [3.63, 3.8) is 0 Å². The first-order valence-electron chi connectivity index (χ1n) is 11.7. The molecule has 0 aromatic carbocycles. The first kappa shape index (κ1) is 25.7. The summed E-state index contributed by atoms with van der Waals surface area (Å²) in [4.78, 5) is 37.3. The van der Waals surface area contributed by atoms with Gasteiger partial charge in [-0.2, -0.15) is 0 Å². The van der Waals surface area contributed by atoms with E-state index in [4.69, 9.17) is 34.2 Å². The Morgan fingerprint density at radius 1 is 1.24 bits per heavy atom. The van der Waals surface area contributed by atoms with Gasteiger partial charge in [-0.25, -0.2) is 19.7 Å². The Bertz CT molecular complexity index is 1190. The van der Waals surface area contributed by atoms with Crippen LogP contribution >= 0.6 is 0 Å². The second-order valence-electron chi connectivity index (χ2n) is 9.49. The number of aliphatic hydroxyl groups excluding tert-OH is 1. The lowest BCUT2D eigenvalue weighted by Gasteiger charge is -2.52. The first-order chi connectivity index (χ1) is 17.6. The Balaban J connectivity index is 1.50. The average molecular weight is 523 g/mol. The van der Waals surface area contributed by atoms with Crippen molar-refractivity contribution in [1.29, 1.82) is 0 Å². The van der Waals surface area contributed by atoms with Gasteiger partial charge >= 0.3 is 11.9 Å². The maximum Gasteiger partial charge on any atom is 0.337 e. The van der Waals surface area contributed by atoms with E-state index < -0.39 is 72.6 Å². The maximum atomic E-state index is 12.5. The predicted octanol–water partition coefficient (Wildman–Crippen LogP) is -1.33. The van der Waals surface area contributed by atoms with E-state index in [1.807, 2.05) is 0 Å². The number of hydrogen-bond acceptors (Lipinski definition) is 14. The van der Waals surface area contributed by atoms with Gasteiger partial charge in [0, 0.05) is 13.5 Å². The van der Waals surface area contributed by atoms with Gasteiger partial charge < -0.3 is 44.4 Å². The van der Waals surface area contributed by atoms with Crippen molar-refractivity contribution >= 4 is 28.9 Å². The monoisotopic (exact) mass is 523 g/mol. The van der Waals surface area contributed by atoms with Gasteiger partial charge in [0.05, 0.1) is 25.5 Å². The number of carbonyl (C=O) groups is 2. The van der Waals surface area contributed by atoms with Crippen LogP contribution in [0.3, 0.4) is 0 Å². The number of ether oxygens (including phenoxy) is 6. The number of carbonyl (C=O) groups excluding carboxylic acids is 2. The third kappa shape index (κ3) is 4.02. The highest BCUT2D eigenvalue weighted by atomic mass is 16.7. The van der Waals surface area contributed by atoms with E-state index in [1.165, 1.54) is 19.8 Å². The molecule has 202 valence electrons. The molecule has 0 unspecified atom stereocenters. The summed E-state index contributed by atoms with van der Waals surface area (Å²) in [6.07, 6.45) is -6.58. The molecule has 2 aromatic rings. The Hall–Kier alpha value is -2.95. The summed E-state index contributed by atoms with van der Waals surface area (Å²) in [7, 11) is 2.57. The average Bonchev–Trinajstić information content (AvgIpc) is 3.45. The van der Waals surface area contributed by atoms with Crippen molar-refractivity contribution in [2.24, 2.45) is 5.92 Å². The van der Waals surface area contributed by atoms with Crippen LogP contribution in [0.25, 0.3) is 11.2 Å². The number of imidazole rings is 1. The van der Waals surface area contributed by atoms with Gasteiger partial charge in [0.2, 0.25) is 5.79 Å². The lowest BCUT2D eigenvalue weighted by molar-refractivity contribution is -0.397. The van der Waals surface area contributed by atoms with E-state index in [1.54, 1.807) is 18.4 Å². The van der Waals surface area contributed by atoms with Crippen LogP contribution in [0.1, 0.15) is 26.5 Å². The minimum Gasteiger partial charge on any atom is -0.467 e. The summed E-state index contributed by atoms with van der Waals surface area (Å²) in [6.45, 7) is 3.18. The van der Waals surface area contributed by atoms with Gasteiger partial charge in [-0.15, -0.1) is 0 Å². The Kier molecular flexibility index (Phi) is 6.54. The molecule has 0 radical (unpaired) electrons. The second kappa shape index (κ2) is 9.41. The molecular formula is C22H29N5O10. The molecule has 0 saturated carbocycles. The number of fused-ring (bicyclic) bond motifs is 3. The number of nitrogens with two attached hydrogens (primary N) is 1. The number of methoxy groups -OCH3 is 2. The fraction of sp³-hybridized carbons (Fsp3) is 0.682. The molecule has 0 bridgehead atoms. The number of nitrogen functional groups attached to an aromatic ring is 1. The third-order valence-electron chi connectivity index (χ3n) is 6.94. The molecule has 0 spiro atoms. The quantitative estimate of drug-likeness (QED) is 0.389. The molecule has 3 fully saturated rings. The first-order valence-corrected chi connectivity index (χ1v) is 11.7. The number of hydrogen-bond donors (Lipinski definition) is 3. The van der Waals surface area contributed by atoms with Crippen LogP contribution in [0.5, 0.6) is 0 Å². The number of anilines is 1. The van der Waals surface area contributed by atoms with Crippen molar-refractivity contribution < 1.29 is 48.2 Å². The third-order valence-corrected chi connectivity index (χ3v) is 6.94. The zero-order valence-corrected chi connectivity index (χ0v) is 20.6. The minimum absolute atomic E-state index is 0.0111. The van der Waals surface area contributed by atoms with Gasteiger partial charge in [0.1, 0.15) is 36.3 Å². The number of rotatable bonds is 5. The zero-order chi connectivity index (χ0) is 26.6. The molecular weight excluding hydrogens is 494 g/mol. The van der Waals surface area contributed by atoms with E-state index in [0.717, 1.165) is 7.11 Å². The van der Waals surface area contributed by atoms with Crippen molar-refractivity contribution in [3.8, 4) is 0 Å². The highest BCUT2D eigenvalue weighted by Crippen LogP contribution is 2.47. The fourth-order valence-electron chi connectivity index (χ4n) is 5.04. The highest BCUT2D eigenvalue weighted by molar-refractivity contribution is 5.81. The van der Waals surface area contributed by atoms with Crippen LogP contribution in [0, 0.1) is 5.92 Å². The summed E-state index contributed by atoms with van der Waals surface area (Å²) >= 11 is 0. The fourth-order valence-corrected chi connectivity index (χ4v) is 5.04. The molecule has 5 heterocycles. The molecule has 5 rings (SSSR count). The lowest BCUT2D eigenvalue weighted by Crippen LogP contribution is -2.73. The van der Waals surface area contributed by atoms with Crippen LogP contribution in [0.2, 0.25) is 0 Å². The largest absolute Gasteiger partial charge is 0.467 e. The molecule has 0 aliphatic carbocycles. The van der Waals surface area contributed by atoms with Gasteiger partial charge in [-0.3, -0.25) is 9.36 Å². The number of esters is 2. The van der Waals surface area contributed by atoms with E-state index in [2.05, 4.69) is 15.0 Å². The van der Waals surface area contributed by atoms with Crippen LogP contribution in [-0.2, 0) is 38.0 Å². The van der Waals surface area contributed by atoms with Crippen molar-refractivity contribution in [2.75, 3.05) is 20.0 Å².